The van der Waals surface area contributed by atoms with Crippen LogP contribution in [0.25, 0.3) is 0 Å². The van der Waals surface area contributed by atoms with Crippen LogP contribution in [0.15, 0.2) is 24.3 Å². The summed E-state index contributed by atoms with van der Waals surface area (Å²) in [5, 5.41) is 0. The largest absolute Gasteiger partial charge is 0.459 e. The molecule has 1 aromatic rings. The Morgan fingerprint density at radius 1 is 0.809 bits per heavy atom. The molecule has 2 heterocycles. The fourth-order valence-electron chi connectivity index (χ4n) is 5.79. The van der Waals surface area contributed by atoms with E-state index >= 15 is 0 Å². The molecule has 2 amide bonds. The van der Waals surface area contributed by atoms with Gasteiger partial charge in [-0.25, -0.2) is 0 Å². The monoisotopic (exact) mass is 677 g/mol. The van der Waals surface area contributed by atoms with Crippen molar-refractivity contribution in [3.8, 4) is 0 Å². The number of aldehydes is 2. The van der Waals surface area contributed by atoms with Crippen molar-refractivity contribution in [3.05, 3.63) is 35.4 Å². The Kier molecular flexibility index (Phi) is 15.3. The highest BCUT2D eigenvalue weighted by Gasteiger charge is 2.35. The lowest BCUT2D eigenvalue weighted by Gasteiger charge is -2.34. The molecule has 0 radical (unpaired) electrons. The number of carbonyl (C=O) groups excluding carboxylic acids is 5. The Morgan fingerprint density at radius 2 is 1.30 bits per heavy atom. The van der Waals surface area contributed by atoms with Crippen molar-refractivity contribution in [2.75, 3.05) is 97.6 Å². The van der Waals surface area contributed by atoms with Gasteiger partial charge in [0.1, 0.15) is 18.2 Å². The molecule has 0 aliphatic carbocycles. The summed E-state index contributed by atoms with van der Waals surface area (Å²) in [5.74, 6) is -0.945. The van der Waals surface area contributed by atoms with E-state index in [9.17, 15) is 28.5 Å². The van der Waals surface area contributed by atoms with E-state index in [2.05, 4.69) is 4.90 Å². The number of ether oxygens (including phenoxy) is 1. The Bertz CT molecular complexity index is 1240. The highest BCUT2D eigenvalue weighted by Crippen LogP contribution is 2.48. The van der Waals surface area contributed by atoms with Crippen LogP contribution in [-0.4, -0.2) is 158 Å². The average Bonchev–Trinajstić information content (AvgIpc) is 3.24. The molecule has 1 fully saturated rings. The number of amides is 2. The van der Waals surface area contributed by atoms with E-state index in [0.717, 1.165) is 12.6 Å². The summed E-state index contributed by atoms with van der Waals surface area (Å²) < 4.78 is 25.7. The number of carbonyl (C=O) groups is 5. The summed E-state index contributed by atoms with van der Waals surface area (Å²) in [5.41, 5.74) is 0.201. The average molecular weight is 678 g/mol. The van der Waals surface area contributed by atoms with E-state index in [0.29, 0.717) is 82.5 Å². The summed E-state index contributed by atoms with van der Waals surface area (Å²) in [6, 6.07) is 6.78. The molecule has 2 aliphatic rings. The third kappa shape index (κ3) is 12.6. The maximum atomic E-state index is 14.2. The first-order valence-electron chi connectivity index (χ1n) is 16.5. The number of nitrogens with zero attached hydrogens (tertiary/aromatic N) is 5. The van der Waals surface area contributed by atoms with Gasteiger partial charge in [0.05, 0.1) is 43.7 Å². The van der Waals surface area contributed by atoms with Gasteiger partial charge in [-0.1, -0.05) is 12.1 Å². The molecule has 1 atom stereocenters. The number of fused-ring (bicyclic) bond motifs is 1. The van der Waals surface area contributed by atoms with Crippen molar-refractivity contribution in [2.45, 2.75) is 46.1 Å². The molecule has 14 heteroatoms. The quantitative estimate of drug-likeness (QED) is 0.0886. The lowest BCUT2D eigenvalue weighted by Crippen LogP contribution is -2.48. The topological polar surface area (TPSA) is 137 Å². The van der Waals surface area contributed by atoms with E-state index in [4.69, 9.17) is 9.26 Å². The molecule has 47 heavy (non-hydrogen) atoms. The van der Waals surface area contributed by atoms with E-state index in [1.807, 2.05) is 35.5 Å². The SMILES string of the molecule is CCOP(=O)(CCCCN1C(=O)c2ccccc2C1=O)CN1CCN(CC=O)CCN(CC=O)CCN(CC(=O)OC(C)(C)C)CC1. The smallest absolute Gasteiger partial charge is 0.320 e. The summed E-state index contributed by atoms with van der Waals surface area (Å²) in [6.45, 7) is 12.7. The molecule has 2 aliphatic heterocycles. The van der Waals surface area contributed by atoms with Crippen LogP contribution in [0, 0.1) is 0 Å². The van der Waals surface area contributed by atoms with Crippen molar-refractivity contribution in [1.82, 2.24) is 24.5 Å². The second-order valence-corrected chi connectivity index (χ2v) is 15.6. The van der Waals surface area contributed by atoms with Gasteiger partial charge in [-0.2, -0.15) is 0 Å². The van der Waals surface area contributed by atoms with Crippen LogP contribution in [0.1, 0.15) is 61.3 Å². The van der Waals surface area contributed by atoms with Gasteiger partial charge in [-0.3, -0.25) is 43.4 Å². The molecule has 0 spiro atoms. The zero-order chi connectivity index (χ0) is 34.5. The molecule has 1 unspecified atom stereocenters. The highest BCUT2D eigenvalue weighted by molar-refractivity contribution is 7.58. The summed E-state index contributed by atoms with van der Waals surface area (Å²) in [7, 11) is -3.15. The maximum absolute atomic E-state index is 14.2. The first-order valence-corrected chi connectivity index (χ1v) is 18.5. The molecule has 1 saturated heterocycles. The Balaban J connectivity index is 1.68. The zero-order valence-corrected chi connectivity index (χ0v) is 29.3. The molecule has 13 nitrogen and oxygen atoms in total. The Labute approximate surface area is 278 Å². The van der Waals surface area contributed by atoms with Crippen LogP contribution in [0.2, 0.25) is 0 Å². The minimum atomic E-state index is -3.15. The fourth-order valence-corrected chi connectivity index (χ4v) is 8.21. The van der Waals surface area contributed by atoms with Crippen LogP contribution in [0.4, 0.5) is 0 Å². The molecule has 0 bridgehead atoms. The van der Waals surface area contributed by atoms with Crippen molar-refractivity contribution < 1.29 is 37.8 Å². The lowest BCUT2D eigenvalue weighted by atomic mass is 10.1. The first-order chi connectivity index (χ1) is 22.4. The van der Waals surface area contributed by atoms with E-state index < -0.39 is 13.0 Å². The predicted octanol–water partition coefficient (Wildman–Crippen LogP) is 2.30. The summed E-state index contributed by atoms with van der Waals surface area (Å²) in [4.78, 5) is 70.4. The standard InChI is InChI=1S/C33H52N5O8P/c1-5-45-47(44,25-9-8-12-38-31(42)28-10-6-7-11-29(28)32(38)43)27-37-19-16-35(22-24-40)14-13-34(21-23-39)15-17-36(18-20-37)26-30(41)46-33(2,3)4/h6-7,10-11,23-24H,5,8-9,12-22,25-27H2,1-4H3. The van der Waals surface area contributed by atoms with E-state index in [1.54, 1.807) is 31.2 Å². The third-order valence-electron chi connectivity index (χ3n) is 8.16. The number of imide groups is 1. The fraction of sp³-hybridized carbons (Fsp3) is 0.667. The molecule has 0 N–H and O–H groups in total. The van der Waals surface area contributed by atoms with Gasteiger partial charge in [-0.05, 0) is 52.7 Å². The summed E-state index contributed by atoms with van der Waals surface area (Å²) in [6.07, 6.45) is 3.22. The normalized spacial score (nSPS) is 19.4. The van der Waals surface area contributed by atoms with Gasteiger partial charge < -0.3 is 18.8 Å². The maximum Gasteiger partial charge on any atom is 0.320 e. The van der Waals surface area contributed by atoms with Crippen molar-refractivity contribution in [2.24, 2.45) is 0 Å². The Morgan fingerprint density at radius 3 is 1.77 bits per heavy atom. The van der Waals surface area contributed by atoms with Gasteiger partial charge >= 0.3 is 5.97 Å². The van der Waals surface area contributed by atoms with Gasteiger partial charge in [0.2, 0.25) is 7.37 Å². The second-order valence-electron chi connectivity index (χ2n) is 13.0. The van der Waals surface area contributed by atoms with Crippen LogP contribution < -0.4 is 0 Å². The lowest BCUT2D eigenvalue weighted by molar-refractivity contribution is -0.156. The van der Waals surface area contributed by atoms with Crippen molar-refractivity contribution in [1.29, 1.82) is 0 Å². The molecule has 3 rings (SSSR count). The van der Waals surface area contributed by atoms with Gasteiger partial charge in [0.15, 0.2) is 0 Å². The minimum Gasteiger partial charge on any atom is -0.459 e. The number of rotatable bonds is 15. The number of unbranched alkanes of at least 4 members (excludes halogenated alkanes) is 1. The molecular formula is C33H52N5O8P. The van der Waals surface area contributed by atoms with E-state index in [-0.39, 0.29) is 56.9 Å². The van der Waals surface area contributed by atoms with Crippen molar-refractivity contribution in [3.63, 3.8) is 0 Å². The Hall–Kier alpha value is -2.80. The van der Waals surface area contributed by atoms with E-state index in [1.165, 1.54) is 4.90 Å². The number of benzene rings is 1. The molecule has 1 aromatic carbocycles. The molecule has 262 valence electrons. The van der Waals surface area contributed by atoms with Crippen molar-refractivity contribution >= 4 is 37.7 Å². The van der Waals surface area contributed by atoms with Gasteiger partial charge in [-0.15, -0.1) is 0 Å². The third-order valence-corrected chi connectivity index (χ3v) is 10.7. The van der Waals surface area contributed by atoms with Crippen LogP contribution in [-0.2, 0) is 28.2 Å². The van der Waals surface area contributed by atoms with Gasteiger partial charge in [0, 0.05) is 65.1 Å². The molecule has 0 aromatic heterocycles. The molecule has 0 saturated carbocycles. The first kappa shape index (κ1) is 38.6. The number of esters is 1. The van der Waals surface area contributed by atoms with Crippen LogP contribution >= 0.6 is 7.37 Å². The predicted molar refractivity (Wildman–Crippen MR) is 179 cm³/mol. The highest BCUT2D eigenvalue weighted by atomic mass is 31.2. The second kappa shape index (κ2) is 18.7. The summed E-state index contributed by atoms with van der Waals surface area (Å²) >= 11 is 0. The molecular weight excluding hydrogens is 625 g/mol. The zero-order valence-electron chi connectivity index (χ0n) is 28.4. The van der Waals surface area contributed by atoms with Crippen LogP contribution in [0.3, 0.4) is 0 Å². The number of hydrogen-bond donors (Lipinski definition) is 0. The van der Waals surface area contributed by atoms with Crippen LogP contribution in [0.5, 0.6) is 0 Å². The minimum absolute atomic E-state index is 0.0816. The van der Waals surface area contributed by atoms with Gasteiger partial charge in [0.25, 0.3) is 11.8 Å². The number of hydrogen-bond acceptors (Lipinski definition) is 12.